The molecule has 0 bridgehead atoms. The molecule has 1 aromatic carbocycles. The van der Waals surface area contributed by atoms with Crippen LogP contribution in [0.4, 0.5) is 0 Å². The molecular weight excluding hydrogens is 266 g/mol. The van der Waals surface area contributed by atoms with Crippen LogP contribution in [-0.4, -0.2) is 23.1 Å². The summed E-state index contributed by atoms with van der Waals surface area (Å²) >= 11 is 2.04. The van der Waals surface area contributed by atoms with Gasteiger partial charge in [0, 0.05) is 23.8 Å². The second kappa shape index (κ2) is 4.66. The van der Waals surface area contributed by atoms with Gasteiger partial charge in [0.1, 0.15) is 0 Å². The van der Waals surface area contributed by atoms with Crippen molar-refractivity contribution in [3.8, 4) is 0 Å². The molecule has 3 aliphatic rings. The van der Waals surface area contributed by atoms with Crippen molar-refractivity contribution in [1.82, 2.24) is 4.90 Å². The summed E-state index contributed by atoms with van der Waals surface area (Å²) in [6, 6.07) is 8.51. The van der Waals surface area contributed by atoms with Crippen LogP contribution in [0, 0.1) is 5.92 Å². The first-order valence-electron chi connectivity index (χ1n) is 7.56. The van der Waals surface area contributed by atoms with Crippen LogP contribution in [0.1, 0.15) is 48.1 Å². The molecule has 0 N–H and O–H groups in total. The van der Waals surface area contributed by atoms with E-state index in [2.05, 4.69) is 24.0 Å². The minimum absolute atomic E-state index is 0.246. The van der Waals surface area contributed by atoms with Crippen LogP contribution in [0.2, 0.25) is 0 Å². The third-order valence-electron chi connectivity index (χ3n) is 4.80. The molecule has 0 saturated heterocycles. The Morgan fingerprint density at radius 3 is 3.05 bits per heavy atom. The first-order valence-corrected chi connectivity index (χ1v) is 8.54. The van der Waals surface area contributed by atoms with E-state index in [0.717, 1.165) is 12.1 Å². The smallest absolute Gasteiger partial charge is 0.255 e. The zero-order valence-corrected chi connectivity index (χ0v) is 12.6. The molecule has 0 unspecified atom stereocenters. The Bertz CT molecular complexity index is 607. The molecule has 0 spiro atoms. The zero-order valence-electron chi connectivity index (χ0n) is 11.8. The highest BCUT2D eigenvalue weighted by Gasteiger charge is 2.46. The summed E-state index contributed by atoms with van der Waals surface area (Å²) in [4.78, 5) is 16.4. The number of hydrogen-bond acceptors (Lipinski definition) is 2. The number of carbonyl (C=O) groups excluding carboxylic acids is 1. The van der Waals surface area contributed by atoms with Crippen molar-refractivity contribution < 1.29 is 4.79 Å². The van der Waals surface area contributed by atoms with Crippen molar-refractivity contribution in [2.45, 2.75) is 32.2 Å². The number of rotatable bonds is 2. The fourth-order valence-corrected chi connectivity index (χ4v) is 5.39. The molecule has 2 atom stereocenters. The summed E-state index contributed by atoms with van der Waals surface area (Å²) in [6.07, 6.45) is 3.55. The molecule has 3 aliphatic heterocycles. The van der Waals surface area contributed by atoms with Crippen molar-refractivity contribution in [2.24, 2.45) is 5.92 Å². The molecule has 0 aliphatic carbocycles. The minimum atomic E-state index is 0.246. The summed E-state index contributed by atoms with van der Waals surface area (Å²) in [7, 11) is 0. The van der Waals surface area contributed by atoms with Gasteiger partial charge in [-0.3, -0.25) is 4.79 Å². The van der Waals surface area contributed by atoms with Gasteiger partial charge in [0.15, 0.2) is 0 Å². The Balaban J connectivity index is 1.83. The van der Waals surface area contributed by atoms with Gasteiger partial charge >= 0.3 is 0 Å². The zero-order chi connectivity index (χ0) is 13.7. The highest BCUT2D eigenvalue weighted by molar-refractivity contribution is 8.03. The van der Waals surface area contributed by atoms with Gasteiger partial charge in [-0.05, 0) is 34.9 Å². The van der Waals surface area contributed by atoms with Crippen LogP contribution >= 0.6 is 11.8 Å². The van der Waals surface area contributed by atoms with Gasteiger partial charge < -0.3 is 4.90 Å². The van der Waals surface area contributed by atoms with E-state index in [-0.39, 0.29) is 5.91 Å². The normalized spacial score (nSPS) is 27.6. The lowest BCUT2D eigenvalue weighted by Crippen LogP contribution is -2.38. The first kappa shape index (κ1) is 12.5. The number of fused-ring (bicyclic) bond motifs is 3. The van der Waals surface area contributed by atoms with E-state index in [1.54, 1.807) is 4.91 Å². The average molecular weight is 285 g/mol. The van der Waals surface area contributed by atoms with Crippen LogP contribution in [0.5, 0.6) is 0 Å². The number of amides is 1. The van der Waals surface area contributed by atoms with Crippen molar-refractivity contribution >= 4 is 17.7 Å². The lowest BCUT2D eigenvalue weighted by Gasteiger charge is -2.38. The molecule has 0 aromatic heterocycles. The van der Waals surface area contributed by atoms with Crippen molar-refractivity contribution in [3.63, 3.8) is 0 Å². The van der Waals surface area contributed by atoms with E-state index in [1.165, 1.54) is 36.2 Å². The standard InChI is InChI=1S/C17H19NOS/c1-2-5-14-15-12-6-3-4-7-13(12)17(19)18(15)10-11-8-9-20-16(11)14/h3-4,6-7,14-15H,2,5,8-10H2,1H3/t14-,15+/m0/s1. The highest BCUT2D eigenvalue weighted by atomic mass is 32.2. The van der Waals surface area contributed by atoms with Gasteiger partial charge in [-0.25, -0.2) is 0 Å². The third kappa shape index (κ3) is 1.62. The monoisotopic (exact) mass is 285 g/mol. The van der Waals surface area contributed by atoms with Gasteiger partial charge in [-0.1, -0.05) is 31.5 Å². The van der Waals surface area contributed by atoms with Gasteiger partial charge in [-0.2, -0.15) is 0 Å². The van der Waals surface area contributed by atoms with E-state index < -0.39 is 0 Å². The Kier molecular flexibility index (Phi) is 2.92. The van der Waals surface area contributed by atoms with E-state index >= 15 is 0 Å². The molecule has 1 aromatic rings. The predicted octanol–water partition coefficient (Wildman–Crippen LogP) is 4.00. The summed E-state index contributed by atoms with van der Waals surface area (Å²) in [5, 5.41) is 0. The van der Waals surface area contributed by atoms with Crippen LogP contribution < -0.4 is 0 Å². The quantitative estimate of drug-likeness (QED) is 0.818. The number of carbonyl (C=O) groups is 1. The summed E-state index contributed by atoms with van der Waals surface area (Å²) in [6.45, 7) is 3.11. The topological polar surface area (TPSA) is 20.3 Å². The van der Waals surface area contributed by atoms with E-state index in [4.69, 9.17) is 0 Å². The number of nitrogens with zero attached hydrogens (tertiary/aromatic N) is 1. The van der Waals surface area contributed by atoms with E-state index in [0.29, 0.717) is 12.0 Å². The molecule has 0 saturated carbocycles. The van der Waals surface area contributed by atoms with Crippen LogP contribution in [0.3, 0.4) is 0 Å². The Morgan fingerprint density at radius 1 is 1.35 bits per heavy atom. The Labute approximate surface area is 124 Å². The first-order chi connectivity index (χ1) is 9.81. The Hall–Kier alpha value is -1.22. The van der Waals surface area contributed by atoms with Crippen molar-refractivity contribution in [1.29, 1.82) is 0 Å². The maximum atomic E-state index is 12.7. The molecular formula is C17H19NOS. The van der Waals surface area contributed by atoms with Gasteiger partial charge in [0.2, 0.25) is 0 Å². The van der Waals surface area contributed by atoms with Gasteiger partial charge in [-0.15, -0.1) is 11.8 Å². The van der Waals surface area contributed by atoms with Gasteiger partial charge in [0.05, 0.1) is 6.04 Å². The second-order valence-corrected chi connectivity index (χ2v) is 7.06. The molecule has 0 radical (unpaired) electrons. The van der Waals surface area contributed by atoms with E-state index in [1.807, 2.05) is 23.9 Å². The average Bonchev–Trinajstić information content (AvgIpc) is 3.04. The molecule has 3 heteroatoms. The number of hydrogen-bond donors (Lipinski definition) is 0. The maximum absolute atomic E-state index is 12.7. The lowest BCUT2D eigenvalue weighted by atomic mass is 9.84. The molecule has 4 rings (SSSR count). The largest absolute Gasteiger partial charge is 0.327 e. The van der Waals surface area contributed by atoms with Gasteiger partial charge in [0.25, 0.3) is 5.91 Å². The number of benzene rings is 1. The van der Waals surface area contributed by atoms with Crippen LogP contribution in [0.15, 0.2) is 34.7 Å². The lowest BCUT2D eigenvalue weighted by molar-refractivity contribution is 0.0683. The third-order valence-corrected chi connectivity index (χ3v) is 6.11. The minimum Gasteiger partial charge on any atom is -0.327 e. The van der Waals surface area contributed by atoms with Crippen molar-refractivity contribution in [3.05, 3.63) is 45.9 Å². The number of thioether (sulfide) groups is 1. The molecule has 0 fully saturated rings. The van der Waals surface area contributed by atoms with Crippen LogP contribution in [0.25, 0.3) is 0 Å². The maximum Gasteiger partial charge on any atom is 0.255 e. The summed E-state index contributed by atoms with van der Waals surface area (Å²) in [5.74, 6) is 1.99. The van der Waals surface area contributed by atoms with Crippen molar-refractivity contribution in [2.75, 3.05) is 12.3 Å². The summed E-state index contributed by atoms with van der Waals surface area (Å²) < 4.78 is 0. The molecule has 2 nitrogen and oxygen atoms in total. The highest BCUT2D eigenvalue weighted by Crippen LogP contribution is 2.53. The van der Waals surface area contributed by atoms with Crippen LogP contribution in [-0.2, 0) is 0 Å². The molecule has 1 amide bonds. The fourth-order valence-electron chi connectivity index (χ4n) is 3.99. The second-order valence-electron chi connectivity index (χ2n) is 5.93. The Morgan fingerprint density at radius 2 is 2.20 bits per heavy atom. The SMILES string of the molecule is CCC[C@@H]1C2=C(CCS2)CN2C(=O)c3ccccc3[C@H]12. The predicted molar refractivity (Wildman–Crippen MR) is 82.7 cm³/mol. The fraction of sp³-hybridized carbons (Fsp3) is 0.471. The summed E-state index contributed by atoms with van der Waals surface area (Å²) in [5.41, 5.74) is 3.73. The molecule has 3 heterocycles. The van der Waals surface area contributed by atoms with E-state index in [9.17, 15) is 4.79 Å². The molecule has 20 heavy (non-hydrogen) atoms. The molecule has 104 valence electrons.